The Balaban J connectivity index is 2.98. The Morgan fingerprint density at radius 3 is 2.42 bits per heavy atom. The molecule has 0 aliphatic carbocycles. The lowest BCUT2D eigenvalue weighted by Crippen LogP contribution is -2.57. The van der Waals surface area contributed by atoms with Crippen molar-refractivity contribution in [3.05, 3.63) is 0 Å². The molecule has 0 saturated carbocycles. The SMILES string of the molecule is CCC(C)C(N)C(=O)NC(CCCN=C(N)N)C(=O)N1CCCC1C(=O)NC(CS)C(=O)O. The molecule has 1 aliphatic heterocycles. The van der Waals surface area contributed by atoms with E-state index in [1.54, 1.807) is 0 Å². The average Bonchev–Trinajstić information content (AvgIpc) is 3.27. The Morgan fingerprint density at radius 2 is 1.88 bits per heavy atom. The zero-order valence-electron chi connectivity index (χ0n) is 19.2. The van der Waals surface area contributed by atoms with E-state index in [0.717, 1.165) is 0 Å². The second kappa shape index (κ2) is 13.9. The number of carbonyl (C=O) groups excluding carboxylic acids is 3. The number of carbonyl (C=O) groups is 4. The zero-order valence-corrected chi connectivity index (χ0v) is 20.1. The van der Waals surface area contributed by atoms with Gasteiger partial charge in [0.15, 0.2) is 5.96 Å². The summed E-state index contributed by atoms with van der Waals surface area (Å²) in [7, 11) is 0. The van der Waals surface area contributed by atoms with Crippen molar-refractivity contribution in [1.29, 1.82) is 0 Å². The van der Waals surface area contributed by atoms with E-state index in [2.05, 4.69) is 28.3 Å². The molecule has 1 aliphatic rings. The van der Waals surface area contributed by atoms with Crippen LogP contribution in [0.5, 0.6) is 0 Å². The minimum absolute atomic E-state index is 0.0749. The van der Waals surface area contributed by atoms with Crippen LogP contribution in [0.15, 0.2) is 4.99 Å². The van der Waals surface area contributed by atoms with Gasteiger partial charge in [-0.1, -0.05) is 20.3 Å². The van der Waals surface area contributed by atoms with Crippen LogP contribution in [0.4, 0.5) is 0 Å². The molecule has 0 aromatic heterocycles. The molecule has 188 valence electrons. The number of rotatable bonds is 13. The van der Waals surface area contributed by atoms with Crippen LogP contribution >= 0.6 is 12.6 Å². The monoisotopic (exact) mass is 487 g/mol. The largest absolute Gasteiger partial charge is 0.480 e. The Kier molecular flexibility index (Phi) is 12.0. The molecule has 3 amide bonds. The Morgan fingerprint density at radius 1 is 1.21 bits per heavy atom. The summed E-state index contributed by atoms with van der Waals surface area (Å²) in [6.07, 6.45) is 2.31. The highest BCUT2D eigenvalue weighted by molar-refractivity contribution is 7.80. The first-order valence-corrected chi connectivity index (χ1v) is 11.7. The van der Waals surface area contributed by atoms with Gasteiger partial charge in [0.05, 0.1) is 6.04 Å². The molecule has 1 fully saturated rings. The number of hydrogen-bond donors (Lipinski definition) is 7. The van der Waals surface area contributed by atoms with Crippen molar-refractivity contribution in [3.8, 4) is 0 Å². The van der Waals surface area contributed by atoms with Crippen molar-refractivity contribution < 1.29 is 24.3 Å². The molecule has 5 atom stereocenters. The number of aliphatic carboxylic acids is 1. The molecule has 0 aromatic rings. The van der Waals surface area contributed by atoms with Crippen molar-refractivity contribution in [3.63, 3.8) is 0 Å². The number of carboxylic acids is 1. The summed E-state index contributed by atoms with van der Waals surface area (Å²) >= 11 is 3.95. The number of aliphatic imine (C=N–C) groups is 1. The Hall–Kier alpha value is -2.54. The first-order valence-electron chi connectivity index (χ1n) is 11.1. The first-order chi connectivity index (χ1) is 15.5. The third-order valence-corrected chi connectivity index (χ3v) is 6.12. The summed E-state index contributed by atoms with van der Waals surface area (Å²) < 4.78 is 0. The van der Waals surface area contributed by atoms with Gasteiger partial charge in [0, 0.05) is 18.8 Å². The molecule has 1 heterocycles. The molecule has 0 radical (unpaired) electrons. The van der Waals surface area contributed by atoms with Gasteiger partial charge in [0.1, 0.15) is 18.1 Å². The lowest BCUT2D eigenvalue weighted by atomic mass is 9.98. The number of nitrogens with two attached hydrogens (primary N) is 3. The summed E-state index contributed by atoms with van der Waals surface area (Å²) in [5.41, 5.74) is 16.7. The number of likely N-dealkylation sites (tertiary alicyclic amines) is 1. The second-order valence-corrected chi connectivity index (χ2v) is 8.56. The second-order valence-electron chi connectivity index (χ2n) is 8.19. The van der Waals surface area contributed by atoms with E-state index in [1.807, 2.05) is 13.8 Å². The predicted molar refractivity (Wildman–Crippen MR) is 127 cm³/mol. The quantitative estimate of drug-likeness (QED) is 0.0694. The van der Waals surface area contributed by atoms with Crippen molar-refractivity contribution in [2.45, 2.75) is 70.1 Å². The third-order valence-electron chi connectivity index (χ3n) is 5.76. The van der Waals surface area contributed by atoms with Gasteiger partial charge in [-0.05, 0) is 31.6 Å². The molecular weight excluding hydrogens is 450 g/mol. The van der Waals surface area contributed by atoms with E-state index in [-0.39, 0.29) is 30.6 Å². The van der Waals surface area contributed by atoms with Gasteiger partial charge in [-0.2, -0.15) is 12.6 Å². The number of hydrogen-bond acceptors (Lipinski definition) is 7. The molecule has 0 bridgehead atoms. The van der Waals surface area contributed by atoms with Crippen LogP contribution in [0.3, 0.4) is 0 Å². The number of amides is 3. The van der Waals surface area contributed by atoms with E-state index in [4.69, 9.17) is 17.2 Å². The van der Waals surface area contributed by atoms with Gasteiger partial charge in [0.2, 0.25) is 17.7 Å². The molecule has 33 heavy (non-hydrogen) atoms. The Labute approximate surface area is 199 Å². The standard InChI is InChI=1S/C20H37N7O5S/c1-3-11(2)15(21)17(29)25-12(6-4-8-24-20(22)23)18(30)27-9-5-7-14(27)16(28)26-13(10-33)19(31)32/h11-15,33H,3-10,21H2,1-2H3,(H,25,29)(H,26,28)(H,31,32)(H4,22,23,24). The van der Waals surface area contributed by atoms with Crippen LogP contribution in [0.1, 0.15) is 46.0 Å². The van der Waals surface area contributed by atoms with Crippen molar-refractivity contribution >= 4 is 42.3 Å². The summed E-state index contributed by atoms with van der Waals surface area (Å²) in [6, 6.07) is -3.70. The van der Waals surface area contributed by atoms with E-state index in [1.165, 1.54) is 4.90 Å². The van der Waals surface area contributed by atoms with Gasteiger partial charge in [0.25, 0.3) is 0 Å². The van der Waals surface area contributed by atoms with Gasteiger partial charge in [-0.15, -0.1) is 0 Å². The van der Waals surface area contributed by atoms with Crippen molar-refractivity contribution in [1.82, 2.24) is 15.5 Å². The molecule has 13 heteroatoms. The van der Waals surface area contributed by atoms with Gasteiger partial charge < -0.3 is 37.8 Å². The van der Waals surface area contributed by atoms with E-state index < -0.39 is 47.9 Å². The van der Waals surface area contributed by atoms with Crippen LogP contribution in [0.2, 0.25) is 0 Å². The summed E-state index contributed by atoms with van der Waals surface area (Å²) in [5, 5.41) is 14.3. The zero-order chi connectivity index (χ0) is 25.1. The lowest BCUT2D eigenvalue weighted by Gasteiger charge is -2.30. The maximum absolute atomic E-state index is 13.3. The fourth-order valence-corrected chi connectivity index (χ4v) is 3.75. The van der Waals surface area contributed by atoms with E-state index in [0.29, 0.717) is 32.2 Å². The fourth-order valence-electron chi connectivity index (χ4n) is 3.50. The molecule has 1 saturated heterocycles. The third kappa shape index (κ3) is 8.72. The summed E-state index contributed by atoms with van der Waals surface area (Å²) in [5.74, 6) is -2.90. The molecule has 5 unspecified atom stereocenters. The molecule has 9 N–H and O–H groups in total. The number of nitrogens with zero attached hydrogens (tertiary/aromatic N) is 2. The molecule has 0 aromatic carbocycles. The van der Waals surface area contributed by atoms with Crippen molar-refractivity contribution in [2.75, 3.05) is 18.8 Å². The minimum atomic E-state index is -1.21. The van der Waals surface area contributed by atoms with Crippen molar-refractivity contribution in [2.24, 2.45) is 28.1 Å². The normalized spacial score (nSPS) is 19.2. The Bertz CT molecular complexity index is 732. The highest BCUT2D eigenvalue weighted by atomic mass is 32.1. The number of guanidine groups is 1. The smallest absolute Gasteiger partial charge is 0.327 e. The van der Waals surface area contributed by atoms with Crippen LogP contribution in [-0.2, 0) is 19.2 Å². The maximum atomic E-state index is 13.3. The molecular formula is C20H37N7O5S. The highest BCUT2D eigenvalue weighted by Gasteiger charge is 2.39. The van der Waals surface area contributed by atoms with Crippen LogP contribution in [0.25, 0.3) is 0 Å². The summed E-state index contributed by atoms with van der Waals surface area (Å²) in [4.78, 5) is 55.2. The molecule has 12 nitrogen and oxygen atoms in total. The van der Waals surface area contributed by atoms with Gasteiger partial charge >= 0.3 is 5.97 Å². The number of thiol groups is 1. The van der Waals surface area contributed by atoms with E-state index in [9.17, 15) is 24.3 Å². The lowest BCUT2D eigenvalue weighted by molar-refractivity contribution is -0.144. The average molecular weight is 488 g/mol. The highest BCUT2D eigenvalue weighted by Crippen LogP contribution is 2.20. The van der Waals surface area contributed by atoms with Gasteiger partial charge in [-0.3, -0.25) is 19.4 Å². The minimum Gasteiger partial charge on any atom is -0.480 e. The van der Waals surface area contributed by atoms with E-state index >= 15 is 0 Å². The van der Waals surface area contributed by atoms with Crippen LogP contribution in [-0.4, -0.2) is 82.7 Å². The maximum Gasteiger partial charge on any atom is 0.327 e. The number of carboxylic acid groups (broad SMARTS) is 1. The topological polar surface area (TPSA) is 206 Å². The fraction of sp³-hybridized carbons (Fsp3) is 0.750. The first kappa shape index (κ1) is 28.5. The van der Waals surface area contributed by atoms with Crippen LogP contribution in [0, 0.1) is 5.92 Å². The van der Waals surface area contributed by atoms with Crippen LogP contribution < -0.4 is 27.8 Å². The summed E-state index contributed by atoms with van der Waals surface area (Å²) in [6.45, 7) is 4.35. The molecule has 1 rings (SSSR count). The predicted octanol–water partition coefficient (Wildman–Crippen LogP) is -1.61. The number of nitrogens with one attached hydrogen (secondary N) is 2. The molecule has 0 spiro atoms. The van der Waals surface area contributed by atoms with Gasteiger partial charge in [-0.25, -0.2) is 4.79 Å².